The van der Waals surface area contributed by atoms with E-state index in [1.807, 2.05) is 6.92 Å². The highest BCUT2D eigenvalue weighted by Gasteiger charge is 2.13. The van der Waals surface area contributed by atoms with Crippen molar-refractivity contribution in [3.8, 4) is 11.5 Å². The Labute approximate surface area is 131 Å². The zero-order valence-electron chi connectivity index (χ0n) is 11.0. The molecule has 0 aliphatic carbocycles. The number of hydrogen-bond donors (Lipinski definition) is 1. The van der Waals surface area contributed by atoms with Gasteiger partial charge in [-0.05, 0) is 30.7 Å². The average Bonchev–Trinajstić information content (AvgIpc) is 2.42. The van der Waals surface area contributed by atoms with Crippen molar-refractivity contribution < 1.29 is 9.66 Å². The monoisotopic (exact) mass is 326 g/mol. The van der Waals surface area contributed by atoms with Crippen molar-refractivity contribution in [1.82, 2.24) is 0 Å². The fourth-order valence-corrected chi connectivity index (χ4v) is 2.07. The van der Waals surface area contributed by atoms with E-state index in [0.29, 0.717) is 10.8 Å². The van der Waals surface area contributed by atoms with Crippen LogP contribution in [-0.2, 0) is 0 Å². The van der Waals surface area contributed by atoms with Gasteiger partial charge in [0.25, 0.3) is 5.69 Å². The molecule has 0 aromatic heterocycles. The fourth-order valence-electron chi connectivity index (χ4n) is 1.69. The average molecular weight is 327 g/mol. The molecular formula is C14H12Cl2N2O3. The second kappa shape index (κ2) is 6.30. The Morgan fingerprint density at radius 1 is 1.14 bits per heavy atom. The summed E-state index contributed by atoms with van der Waals surface area (Å²) in [5.41, 5.74) is 6.51. The molecule has 0 aliphatic heterocycles. The maximum absolute atomic E-state index is 10.8. The van der Waals surface area contributed by atoms with Gasteiger partial charge in [-0.25, -0.2) is 0 Å². The van der Waals surface area contributed by atoms with Gasteiger partial charge in [0.2, 0.25) is 0 Å². The minimum atomic E-state index is -0.524. The number of non-ortho nitro benzene ring substituents is 1. The van der Waals surface area contributed by atoms with Gasteiger partial charge in [0.15, 0.2) is 5.75 Å². The lowest BCUT2D eigenvalue weighted by Gasteiger charge is -2.11. The van der Waals surface area contributed by atoms with Gasteiger partial charge in [-0.15, -0.1) is 0 Å². The summed E-state index contributed by atoms with van der Waals surface area (Å²) in [4.78, 5) is 10.2. The van der Waals surface area contributed by atoms with Crippen LogP contribution >= 0.6 is 23.2 Å². The van der Waals surface area contributed by atoms with E-state index in [4.69, 9.17) is 33.7 Å². The van der Waals surface area contributed by atoms with Gasteiger partial charge in [-0.2, -0.15) is 0 Å². The third kappa shape index (κ3) is 3.64. The maximum atomic E-state index is 10.8. The van der Waals surface area contributed by atoms with Crippen molar-refractivity contribution in [3.63, 3.8) is 0 Å². The van der Waals surface area contributed by atoms with E-state index in [1.54, 1.807) is 18.2 Å². The molecule has 2 rings (SSSR count). The Balaban J connectivity index is 2.34. The smallest absolute Gasteiger partial charge is 0.273 e. The first-order chi connectivity index (χ1) is 9.88. The molecule has 0 saturated carbocycles. The fraction of sp³-hybridized carbons (Fsp3) is 0.143. The molecule has 0 saturated heterocycles. The van der Waals surface area contributed by atoms with E-state index in [2.05, 4.69) is 0 Å². The van der Waals surface area contributed by atoms with E-state index in [-0.39, 0.29) is 22.5 Å². The summed E-state index contributed by atoms with van der Waals surface area (Å²) in [6.07, 6.45) is 0. The highest BCUT2D eigenvalue weighted by molar-refractivity contribution is 6.33. The van der Waals surface area contributed by atoms with Crippen LogP contribution in [-0.4, -0.2) is 4.92 Å². The van der Waals surface area contributed by atoms with E-state index < -0.39 is 4.92 Å². The predicted molar refractivity (Wildman–Crippen MR) is 82.2 cm³/mol. The quantitative estimate of drug-likeness (QED) is 0.651. The lowest BCUT2D eigenvalue weighted by molar-refractivity contribution is -0.384. The lowest BCUT2D eigenvalue weighted by Crippen LogP contribution is -2.04. The van der Waals surface area contributed by atoms with Crippen LogP contribution in [0.3, 0.4) is 0 Å². The minimum absolute atomic E-state index is 0.113. The molecule has 1 atom stereocenters. The van der Waals surface area contributed by atoms with Crippen LogP contribution in [0.4, 0.5) is 5.69 Å². The highest BCUT2D eigenvalue weighted by Crippen LogP contribution is 2.36. The van der Waals surface area contributed by atoms with Crippen LogP contribution in [0.25, 0.3) is 0 Å². The molecule has 2 aromatic carbocycles. The normalized spacial score (nSPS) is 12.0. The van der Waals surface area contributed by atoms with Crippen molar-refractivity contribution in [2.75, 3.05) is 0 Å². The SMILES string of the molecule is C[C@@H](N)c1ccc(Oc2cc([N+](=O)[O-])ccc2Cl)c(Cl)c1. The van der Waals surface area contributed by atoms with E-state index >= 15 is 0 Å². The molecule has 0 aliphatic rings. The topological polar surface area (TPSA) is 78.4 Å². The van der Waals surface area contributed by atoms with Crippen molar-refractivity contribution in [2.45, 2.75) is 13.0 Å². The Morgan fingerprint density at radius 3 is 2.43 bits per heavy atom. The number of hydrogen-bond acceptors (Lipinski definition) is 4. The number of benzene rings is 2. The van der Waals surface area contributed by atoms with Crippen LogP contribution in [0, 0.1) is 10.1 Å². The van der Waals surface area contributed by atoms with Gasteiger partial charge in [0.1, 0.15) is 5.75 Å². The molecule has 0 amide bonds. The summed E-state index contributed by atoms with van der Waals surface area (Å²) in [5.74, 6) is 0.518. The van der Waals surface area contributed by atoms with Crippen molar-refractivity contribution >= 4 is 28.9 Å². The summed E-state index contributed by atoms with van der Waals surface area (Å²) in [6, 6.07) is 8.91. The number of nitro groups is 1. The van der Waals surface area contributed by atoms with Crippen molar-refractivity contribution in [1.29, 1.82) is 0 Å². The Bertz CT molecular complexity index is 690. The van der Waals surface area contributed by atoms with Gasteiger partial charge in [0.05, 0.1) is 21.0 Å². The summed E-state index contributed by atoms with van der Waals surface area (Å²) in [5, 5.41) is 11.4. The molecule has 21 heavy (non-hydrogen) atoms. The van der Waals surface area contributed by atoms with Crippen LogP contribution in [0.1, 0.15) is 18.5 Å². The number of ether oxygens (including phenoxy) is 1. The molecule has 0 bridgehead atoms. The van der Waals surface area contributed by atoms with Crippen LogP contribution in [0.2, 0.25) is 10.0 Å². The molecule has 110 valence electrons. The maximum Gasteiger partial charge on any atom is 0.273 e. The molecule has 0 unspecified atom stereocenters. The zero-order chi connectivity index (χ0) is 15.6. The second-order valence-corrected chi connectivity index (χ2v) is 5.27. The largest absolute Gasteiger partial charge is 0.454 e. The van der Waals surface area contributed by atoms with Crippen molar-refractivity contribution in [2.24, 2.45) is 5.73 Å². The van der Waals surface area contributed by atoms with Gasteiger partial charge < -0.3 is 10.5 Å². The first kappa shape index (κ1) is 15.6. The molecule has 5 nitrogen and oxygen atoms in total. The van der Waals surface area contributed by atoms with E-state index in [1.165, 1.54) is 18.2 Å². The van der Waals surface area contributed by atoms with E-state index in [0.717, 1.165) is 5.56 Å². The molecule has 2 aromatic rings. The molecule has 0 radical (unpaired) electrons. The van der Waals surface area contributed by atoms with Crippen molar-refractivity contribution in [3.05, 3.63) is 62.1 Å². The first-order valence-corrected chi connectivity index (χ1v) is 6.81. The number of nitrogens with zero attached hydrogens (tertiary/aromatic N) is 1. The third-order valence-corrected chi connectivity index (χ3v) is 3.43. The summed E-state index contributed by atoms with van der Waals surface area (Å²) >= 11 is 12.1. The van der Waals surface area contributed by atoms with Gasteiger partial charge in [-0.3, -0.25) is 10.1 Å². The molecule has 7 heteroatoms. The first-order valence-electron chi connectivity index (χ1n) is 6.05. The standard InChI is InChI=1S/C14H12Cl2N2O3/c1-8(17)9-2-5-13(12(16)6-9)21-14-7-10(18(19)20)3-4-11(14)15/h2-8H,17H2,1H3/t8-/m1/s1. The van der Waals surface area contributed by atoms with Crippen LogP contribution in [0.15, 0.2) is 36.4 Å². The summed E-state index contributed by atoms with van der Waals surface area (Å²) < 4.78 is 5.56. The molecule has 0 spiro atoms. The summed E-state index contributed by atoms with van der Waals surface area (Å²) in [6.45, 7) is 1.84. The number of halogens is 2. The summed E-state index contributed by atoms with van der Waals surface area (Å²) in [7, 11) is 0. The Kier molecular flexibility index (Phi) is 4.67. The minimum Gasteiger partial charge on any atom is -0.454 e. The van der Waals surface area contributed by atoms with Gasteiger partial charge >= 0.3 is 0 Å². The third-order valence-electron chi connectivity index (χ3n) is 2.83. The number of rotatable bonds is 4. The highest BCUT2D eigenvalue weighted by atomic mass is 35.5. The van der Waals surface area contributed by atoms with Crippen LogP contribution < -0.4 is 10.5 Å². The Morgan fingerprint density at radius 2 is 1.86 bits per heavy atom. The molecule has 0 fully saturated rings. The molecular weight excluding hydrogens is 315 g/mol. The lowest BCUT2D eigenvalue weighted by atomic mass is 10.1. The zero-order valence-corrected chi connectivity index (χ0v) is 12.6. The number of nitrogens with two attached hydrogens (primary N) is 1. The Hall–Kier alpha value is -1.82. The van der Waals surface area contributed by atoms with E-state index in [9.17, 15) is 10.1 Å². The van der Waals surface area contributed by atoms with Gasteiger partial charge in [-0.1, -0.05) is 29.3 Å². The van der Waals surface area contributed by atoms with Crippen LogP contribution in [0.5, 0.6) is 11.5 Å². The number of nitro benzene ring substituents is 1. The van der Waals surface area contributed by atoms with Gasteiger partial charge in [0, 0.05) is 12.1 Å². The molecule has 0 heterocycles. The second-order valence-electron chi connectivity index (χ2n) is 4.45. The predicted octanol–water partition coefficient (Wildman–Crippen LogP) is 4.71. The molecule has 2 N–H and O–H groups in total.